The van der Waals surface area contributed by atoms with Gasteiger partial charge in [0.15, 0.2) is 6.10 Å². The summed E-state index contributed by atoms with van der Waals surface area (Å²) in [5, 5.41) is 0. The van der Waals surface area contributed by atoms with Crippen molar-refractivity contribution in [1.82, 2.24) is 19.4 Å². The molecule has 0 N–H and O–H groups in total. The third kappa shape index (κ3) is 3.61. The van der Waals surface area contributed by atoms with Gasteiger partial charge >= 0.3 is 0 Å². The Hall–Kier alpha value is -2.38. The normalized spacial score (nSPS) is 23.5. The number of ether oxygens (including phenoxy) is 2. The maximum Gasteiger partial charge on any atom is 0.253 e. The number of likely N-dealkylation sites (tertiary alicyclic amines) is 2. The molecule has 1 atom stereocenters. The van der Waals surface area contributed by atoms with Crippen LogP contribution >= 0.6 is 0 Å². The average molecular weight is 411 g/mol. The number of hydrogen-bond acceptors (Lipinski definition) is 5. The van der Waals surface area contributed by atoms with Crippen LogP contribution in [0.3, 0.4) is 0 Å². The van der Waals surface area contributed by atoms with Gasteiger partial charge in [0, 0.05) is 45.1 Å². The van der Waals surface area contributed by atoms with Crippen molar-refractivity contribution >= 4 is 5.91 Å². The molecule has 30 heavy (non-hydrogen) atoms. The van der Waals surface area contributed by atoms with Crippen LogP contribution in [-0.2, 0) is 28.2 Å². The number of hydrogen-bond donors (Lipinski definition) is 0. The number of piperidine rings is 1. The van der Waals surface area contributed by atoms with Gasteiger partial charge in [0.25, 0.3) is 5.91 Å². The lowest BCUT2D eigenvalue weighted by Crippen LogP contribution is -2.54. The second-order valence-corrected chi connectivity index (χ2v) is 8.66. The van der Waals surface area contributed by atoms with Crippen LogP contribution in [0, 0.1) is 0 Å². The Morgan fingerprint density at radius 1 is 1.17 bits per heavy atom. The van der Waals surface area contributed by atoms with E-state index in [1.807, 2.05) is 29.4 Å². The molecular weight excluding hydrogens is 380 g/mol. The monoisotopic (exact) mass is 410 g/mol. The lowest BCUT2D eigenvalue weighted by molar-refractivity contribution is -0.180. The Morgan fingerprint density at radius 3 is 2.60 bits per heavy atom. The highest BCUT2D eigenvalue weighted by Gasteiger charge is 2.47. The molecule has 2 fully saturated rings. The Bertz CT molecular complexity index is 880. The fourth-order valence-corrected chi connectivity index (χ4v) is 5.07. The van der Waals surface area contributed by atoms with Crippen molar-refractivity contribution in [2.45, 2.75) is 50.5 Å². The minimum Gasteiger partial charge on any atom is -0.497 e. The Balaban J connectivity index is 1.28. The van der Waals surface area contributed by atoms with Crippen LogP contribution in [0.2, 0.25) is 0 Å². The number of rotatable bonds is 4. The second kappa shape index (κ2) is 8.04. The molecule has 7 heteroatoms. The molecule has 7 nitrogen and oxygen atoms in total. The van der Waals surface area contributed by atoms with Crippen LogP contribution in [0.4, 0.5) is 0 Å². The summed E-state index contributed by atoms with van der Waals surface area (Å²) in [7, 11) is 1.69. The van der Waals surface area contributed by atoms with E-state index in [0.717, 1.165) is 70.0 Å². The number of carbonyl (C=O) groups excluding carboxylic acids is 1. The molecule has 1 aromatic heterocycles. The Morgan fingerprint density at radius 2 is 1.90 bits per heavy atom. The zero-order chi connectivity index (χ0) is 20.6. The first-order chi connectivity index (χ1) is 14.7. The molecule has 2 aromatic rings. The molecular formula is C23H30N4O3. The van der Waals surface area contributed by atoms with Crippen molar-refractivity contribution in [1.29, 1.82) is 0 Å². The molecule has 2 saturated heterocycles. The highest BCUT2D eigenvalue weighted by molar-refractivity contribution is 5.81. The largest absolute Gasteiger partial charge is 0.497 e. The number of imidazole rings is 1. The maximum absolute atomic E-state index is 13.1. The number of methoxy groups -OCH3 is 1. The highest BCUT2D eigenvalue weighted by atomic mass is 16.5. The van der Waals surface area contributed by atoms with Crippen molar-refractivity contribution in [3.05, 3.63) is 48.0 Å². The van der Waals surface area contributed by atoms with Gasteiger partial charge in [-0.05, 0) is 43.4 Å². The third-order valence-corrected chi connectivity index (χ3v) is 6.78. The first kappa shape index (κ1) is 19.6. The van der Waals surface area contributed by atoms with E-state index in [-0.39, 0.29) is 5.91 Å². The van der Waals surface area contributed by atoms with Gasteiger partial charge in [-0.25, -0.2) is 4.98 Å². The summed E-state index contributed by atoms with van der Waals surface area (Å²) in [6.07, 6.45) is 7.33. The molecule has 3 aliphatic rings. The number of amides is 1. The van der Waals surface area contributed by atoms with Crippen molar-refractivity contribution < 1.29 is 14.3 Å². The maximum atomic E-state index is 13.1. The molecule has 1 aromatic carbocycles. The van der Waals surface area contributed by atoms with Crippen molar-refractivity contribution in [3.63, 3.8) is 0 Å². The van der Waals surface area contributed by atoms with E-state index in [2.05, 4.69) is 26.6 Å². The quantitative estimate of drug-likeness (QED) is 0.775. The fourth-order valence-electron chi connectivity index (χ4n) is 5.07. The van der Waals surface area contributed by atoms with Gasteiger partial charge in [-0.2, -0.15) is 0 Å². The SMILES string of the molecule is COc1ccc(CN2CCC3(CC2)O[C@@H](C(=O)N2CCCC2)Cn2ccnc23)cc1. The van der Waals surface area contributed by atoms with E-state index < -0.39 is 11.7 Å². The number of aromatic nitrogens is 2. The minimum atomic E-state index is -0.460. The minimum absolute atomic E-state index is 0.145. The van der Waals surface area contributed by atoms with Crippen molar-refractivity contribution in [2.75, 3.05) is 33.3 Å². The molecule has 1 spiro atoms. The van der Waals surface area contributed by atoms with Crippen molar-refractivity contribution in [3.8, 4) is 5.75 Å². The van der Waals surface area contributed by atoms with Gasteiger partial charge in [-0.1, -0.05) is 12.1 Å². The third-order valence-electron chi connectivity index (χ3n) is 6.78. The lowest BCUT2D eigenvalue weighted by atomic mass is 9.88. The summed E-state index contributed by atoms with van der Waals surface area (Å²) in [4.78, 5) is 22.1. The van der Waals surface area contributed by atoms with Crippen LogP contribution in [0.1, 0.15) is 37.1 Å². The van der Waals surface area contributed by atoms with Crippen LogP contribution < -0.4 is 4.74 Å². The molecule has 3 aliphatic heterocycles. The molecule has 5 rings (SSSR count). The summed E-state index contributed by atoms with van der Waals surface area (Å²) >= 11 is 0. The highest BCUT2D eigenvalue weighted by Crippen LogP contribution is 2.40. The van der Waals surface area contributed by atoms with Gasteiger partial charge in [0.05, 0.1) is 13.7 Å². The zero-order valence-corrected chi connectivity index (χ0v) is 17.6. The number of fused-ring (bicyclic) bond motifs is 2. The first-order valence-corrected chi connectivity index (χ1v) is 11.0. The van der Waals surface area contributed by atoms with E-state index in [0.29, 0.717) is 6.54 Å². The van der Waals surface area contributed by atoms with E-state index >= 15 is 0 Å². The standard InChI is InChI=1S/C23H30N4O3/c1-29-19-6-4-18(5-7-19)16-25-13-8-23(9-14-25)22-24-10-15-27(22)17-20(30-23)21(28)26-11-2-3-12-26/h4-7,10,15,20H,2-3,8-9,11-14,16-17H2,1H3/t20-/m1/s1. The summed E-state index contributed by atoms with van der Waals surface area (Å²) < 4.78 is 14.0. The van der Waals surface area contributed by atoms with E-state index in [1.165, 1.54) is 5.56 Å². The van der Waals surface area contributed by atoms with Gasteiger partial charge in [-0.3, -0.25) is 9.69 Å². The average Bonchev–Trinajstić information content (AvgIpc) is 3.48. The molecule has 160 valence electrons. The number of carbonyl (C=O) groups is 1. The van der Waals surface area contributed by atoms with E-state index in [4.69, 9.17) is 9.47 Å². The Kier molecular flexibility index (Phi) is 5.25. The zero-order valence-electron chi connectivity index (χ0n) is 17.6. The molecule has 0 unspecified atom stereocenters. The number of nitrogens with zero attached hydrogens (tertiary/aromatic N) is 4. The first-order valence-electron chi connectivity index (χ1n) is 11.0. The number of benzene rings is 1. The topological polar surface area (TPSA) is 59.8 Å². The summed E-state index contributed by atoms with van der Waals surface area (Å²) in [5.74, 6) is 2.01. The second-order valence-electron chi connectivity index (χ2n) is 8.66. The van der Waals surface area contributed by atoms with Crippen molar-refractivity contribution in [2.24, 2.45) is 0 Å². The van der Waals surface area contributed by atoms with Crippen LogP contribution in [-0.4, -0.2) is 64.7 Å². The van der Waals surface area contributed by atoms with E-state index in [1.54, 1.807) is 7.11 Å². The van der Waals surface area contributed by atoms with Gasteiger partial charge in [0.1, 0.15) is 17.2 Å². The predicted molar refractivity (Wildman–Crippen MR) is 112 cm³/mol. The predicted octanol–water partition coefficient (Wildman–Crippen LogP) is 2.40. The summed E-state index contributed by atoms with van der Waals surface area (Å²) in [6.45, 7) is 5.04. The van der Waals surface area contributed by atoms with Gasteiger partial charge in [-0.15, -0.1) is 0 Å². The Labute approximate surface area is 177 Å². The molecule has 1 amide bonds. The molecule has 0 aliphatic carbocycles. The molecule has 0 bridgehead atoms. The lowest BCUT2D eigenvalue weighted by Gasteiger charge is -2.46. The van der Waals surface area contributed by atoms with Crippen LogP contribution in [0.5, 0.6) is 5.75 Å². The van der Waals surface area contributed by atoms with Gasteiger partial charge in [0.2, 0.25) is 0 Å². The summed E-state index contributed by atoms with van der Waals surface area (Å²) in [5.41, 5.74) is 0.818. The fraction of sp³-hybridized carbons (Fsp3) is 0.565. The smallest absolute Gasteiger partial charge is 0.253 e. The summed E-state index contributed by atoms with van der Waals surface area (Å²) in [6, 6.07) is 8.27. The molecule has 0 saturated carbocycles. The van der Waals surface area contributed by atoms with Gasteiger partial charge < -0.3 is 18.9 Å². The molecule has 0 radical (unpaired) electrons. The van der Waals surface area contributed by atoms with E-state index in [9.17, 15) is 4.79 Å². The molecule has 4 heterocycles. The van der Waals surface area contributed by atoms with Crippen LogP contribution in [0.25, 0.3) is 0 Å². The van der Waals surface area contributed by atoms with Crippen LogP contribution in [0.15, 0.2) is 36.7 Å².